The summed E-state index contributed by atoms with van der Waals surface area (Å²) in [5.74, 6) is 0. The lowest BCUT2D eigenvalue weighted by Crippen LogP contribution is -2.45. The number of para-hydroxylation sites is 1. The molecule has 76 valence electrons. The fraction of sp³-hybridized carbons (Fsp3) is 0.538. The Labute approximate surface area is 86.7 Å². The van der Waals surface area contributed by atoms with Gasteiger partial charge in [0.15, 0.2) is 0 Å². The van der Waals surface area contributed by atoms with E-state index in [-0.39, 0.29) is 5.54 Å². The molecule has 0 saturated heterocycles. The number of fused-ring (bicyclic) bond motifs is 1. The molecule has 0 fully saturated rings. The van der Waals surface area contributed by atoms with Crippen LogP contribution in [0.2, 0.25) is 0 Å². The zero-order chi connectivity index (χ0) is 10.3. The van der Waals surface area contributed by atoms with E-state index < -0.39 is 0 Å². The highest BCUT2D eigenvalue weighted by Crippen LogP contribution is 2.36. The SMILES string of the molecule is C[C@@H]1Cc2ccccc2N1C(C)(C)C. The Bertz CT molecular complexity index is 335. The van der Waals surface area contributed by atoms with Gasteiger partial charge in [-0.1, -0.05) is 18.2 Å². The molecule has 1 nitrogen and oxygen atoms in total. The van der Waals surface area contributed by atoms with Crippen LogP contribution in [-0.4, -0.2) is 11.6 Å². The molecule has 0 saturated carbocycles. The minimum absolute atomic E-state index is 0.228. The van der Waals surface area contributed by atoms with Gasteiger partial charge < -0.3 is 4.90 Å². The fourth-order valence-corrected chi connectivity index (χ4v) is 2.59. The highest BCUT2D eigenvalue weighted by atomic mass is 15.2. The van der Waals surface area contributed by atoms with Gasteiger partial charge >= 0.3 is 0 Å². The van der Waals surface area contributed by atoms with Crippen LogP contribution in [0.5, 0.6) is 0 Å². The Morgan fingerprint density at radius 1 is 1.21 bits per heavy atom. The van der Waals surface area contributed by atoms with Crippen LogP contribution in [0, 0.1) is 0 Å². The number of hydrogen-bond donors (Lipinski definition) is 0. The summed E-state index contributed by atoms with van der Waals surface area (Å²) in [4.78, 5) is 2.53. The summed E-state index contributed by atoms with van der Waals surface area (Å²) in [5, 5.41) is 0. The molecular formula is C13H19N. The van der Waals surface area contributed by atoms with Gasteiger partial charge in [0.1, 0.15) is 0 Å². The predicted molar refractivity (Wildman–Crippen MR) is 61.8 cm³/mol. The van der Waals surface area contributed by atoms with E-state index in [2.05, 4.69) is 56.9 Å². The maximum atomic E-state index is 2.53. The van der Waals surface area contributed by atoms with E-state index in [1.807, 2.05) is 0 Å². The summed E-state index contributed by atoms with van der Waals surface area (Å²) in [7, 11) is 0. The minimum atomic E-state index is 0.228. The Morgan fingerprint density at radius 3 is 2.50 bits per heavy atom. The van der Waals surface area contributed by atoms with Gasteiger partial charge in [-0.2, -0.15) is 0 Å². The summed E-state index contributed by atoms with van der Waals surface area (Å²) in [6, 6.07) is 9.39. The van der Waals surface area contributed by atoms with Crippen LogP contribution >= 0.6 is 0 Å². The van der Waals surface area contributed by atoms with Gasteiger partial charge in [-0.05, 0) is 45.7 Å². The number of rotatable bonds is 0. The van der Waals surface area contributed by atoms with Crippen LogP contribution in [0.25, 0.3) is 0 Å². The quantitative estimate of drug-likeness (QED) is 0.605. The zero-order valence-electron chi connectivity index (χ0n) is 9.54. The van der Waals surface area contributed by atoms with Crippen molar-refractivity contribution in [2.75, 3.05) is 4.90 Å². The van der Waals surface area contributed by atoms with Gasteiger partial charge in [-0.25, -0.2) is 0 Å². The number of benzene rings is 1. The second-order valence-corrected chi connectivity index (χ2v) is 5.22. The lowest BCUT2D eigenvalue weighted by molar-refractivity contribution is 0.468. The summed E-state index contributed by atoms with van der Waals surface area (Å²) < 4.78 is 0. The van der Waals surface area contributed by atoms with Gasteiger partial charge in [0.2, 0.25) is 0 Å². The van der Waals surface area contributed by atoms with E-state index in [4.69, 9.17) is 0 Å². The molecule has 0 unspecified atom stereocenters. The van der Waals surface area contributed by atoms with Crippen molar-refractivity contribution in [3.8, 4) is 0 Å². The monoisotopic (exact) mass is 189 g/mol. The highest BCUT2D eigenvalue weighted by molar-refractivity contribution is 5.60. The van der Waals surface area contributed by atoms with E-state index in [0.717, 1.165) is 0 Å². The molecule has 0 radical (unpaired) electrons. The fourth-order valence-electron chi connectivity index (χ4n) is 2.59. The molecule has 1 aliphatic heterocycles. The molecule has 2 rings (SSSR count). The lowest BCUT2D eigenvalue weighted by atomic mass is 10.0. The third kappa shape index (κ3) is 1.41. The molecule has 1 heteroatoms. The first-order chi connectivity index (χ1) is 6.50. The van der Waals surface area contributed by atoms with Crippen molar-refractivity contribution in [3.05, 3.63) is 29.8 Å². The van der Waals surface area contributed by atoms with Crippen molar-refractivity contribution in [3.63, 3.8) is 0 Å². The molecule has 1 aromatic carbocycles. The van der Waals surface area contributed by atoms with Gasteiger partial charge in [0.25, 0.3) is 0 Å². The van der Waals surface area contributed by atoms with Crippen molar-refractivity contribution < 1.29 is 0 Å². The second kappa shape index (κ2) is 3.01. The number of nitrogens with zero attached hydrogens (tertiary/aromatic N) is 1. The summed E-state index contributed by atoms with van der Waals surface area (Å²) in [6.45, 7) is 9.16. The van der Waals surface area contributed by atoms with Crippen molar-refractivity contribution in [2.45, 2.75) is 45.7 Å². The third-order valence-corrected chi connectivity index (χ3v) is 2.93. The molecule has 0 spiro atoms. The number of hydrogen-bond acceptors (Lipinski definition) is 1. The molecule has 0 amide bonds. The maximum absolute atomic E-state index is 2.53. The van der Waals surface area contributed by atoms with Gasteiger partial charge in [0.05, 0.1) is 0 Å². The Balaban J connectivity index is 2.45. The molecule has 1 aliphatic rings. The van der Waals surface area contributed by atoms with Crippen LogP contribution in [0.15, 0.2) is 24.3 Å². The smallest absolute Gasteiger partial charge is 0.0406 e. The number of anilines is 1. The van der Waals surface area contributed by atoms with Crippen LogP contribution in [-0.2, 0) is 6.42 Å². The van der Waals surface area contributed by atoms with E-state index in [1.165, 1.54) is 17.7 Å². The Kier molecular flexibility index (Phi) is 2.06. The molecule has 0 bridgehead atoms. The molecule has 0 N–H and O–H groups in total. The second-order valence-electron chi connectivity index (χ2n) is 5.22. The third-order valence-electron chi connectivity index (χ3n) is 2.93. The van der Waals surface area contributed by atoms with Gasteiger partial charge in [-0.15, -0.1) is 0 Å². The molecule has 14 heavy (non-hydrogen) atoms. The van der Waals surface area contributed by atoms with Crippen LogP contribution in [0.1, 0.15) is 33.3 Å². The van der Waals surface area contributed by atoms with E-state index >= 15 is 0 Å². The summed E-state index contributed by atoms with van der Waals surface area (Å²) in [6.07, 6.45) is 1.19. The Hall–Kier alpha value is -0.980. The molecule has 1 atom stereocenters. The average molecular weight is 189 g/mol. The van der Waals surface area contributed by atoms with Gasteiger partial charge in [-0.3, -0.25) is 0 Å². The largest absolute Gasteiger partial charge is 0.363 e. The molecule has 1 aromatic rings. The standard InChI is InChI=1S/C13H19N/c1-10-9-11-7-5-6-8-12(11)14(10)13(2,3)4/h5-8,10H,9H2,1-4H3/t10-/m1/s1. The first kappa shape index (κ1) is 9.57. The topological polar surface area (TPSA) is 3.24 Å². The normalized spacial score (nSPS) is 21.1. The van der Waals surface area contributed by atoms with E-state index in [9.17, 15) is 0 Å². The minimum Gasteiger partial charge on any atom is -0.363 e. The average Bonchev–Trinajstić information content (AvgIpc) is 2.38. The van der Waals surface area contributed by atoms with Crippen molar-refractivity contribution in [1.82, 2.24) is 0 Å². The Morgan fingerprint density at radius 2 is 1.86 bits per heavy atom. The zero-order valence-corrected chi connectivity index (χ0v) is 9.54. The predicted octanol–water partition coefficient (Wildman–Crippen LogP) is 3.24. The van der Waals surface area contributed by atoms with Crippen LogP contribution in [0.4, 0.5) is 5.69 Å². The summed E-state index contributed by atoms with van der Waals surface area (Å²) >= 11 is 0. The maximum Gasteiger partial charge on any atom is 0.0406 e. The highest BCUT2D eigenvalue weighted by Gasteiger charge is 2.32. The van der Waals surface area contributed by atoms with Crippen molar-refractivity contribution in [2.24, 2.45) is 0 Å². The molecule has 1 heterocycles. The lowest BCUT2D eigenvalue weighted by Gasteiger charge is -2.38. The molecule has 0 aromatic heterocycles. The van der Waals surface area contributed by atoms with E-state index in [0.29, 0.717) is 6.04 Å². The van der Waals surface area contributed by atoms with Crippen LogP contribution in [0.3, 0.4) is 0 Å². The first-order valence-electron chi connectivity index (χ1n) is 5.37. The summed E-state index contributed by atoms with van der Waals surface area (Å²) in [5.41, 5.74) is 3.15. The van der Waals surface area contributed by atoms with Crippen molar-refractivity contribution in [1.29, 1.82) is 0 Å². The van der Waals surface area contributed by atoms with Gasteiger partial charge in [0, 0.05) is 17.3 Å². The molecular weight excluding hydrogens is 170 g/mol. The van der Waals surface area contributed by atoms with Crippen molar-refractivity contribution >= 4 is 5.69 Å². The van der Waals surface area contributed by atoms with E-state index in [1.54, 1.807) is 0 Å². The molecule has 0 aliphatic carbocycles. The first-order valence-corrected chi connectivity index (χ1v) is 5.37. The van der Waals surface area contributed by atoms with Crippen LogP contribution < -0.4 is 4.90 Å².